The highest BCUT2D eigenvalue weighted by Gasteiger charge is 2.32. The second-order valence-corrected chi connectivity index (χ2v) is 8.21. The van der Waals surface area contributed by atoms with Crippen molar-refractivity contribution in [1.82, 2.24) is 9.80 Å². The predicted octanol–water partition coefficient (Wildman–Crippen LogP) is 3.00. The van der Waals surface area contributed by atoms with E-state index in [1.54, 1.807) is 23.1 Å². The molecule has 32 heavy (non-hydrogen) atoms. The van der Waals surface area contributed by atoms with Gasteiger partial charge in [0, 0.05) is 44.6 Å². The number of hydrogen-bond donors (Lipinski definition) is 1. The summed E-state index contributed by atoms with van der Waals surface area (Å²) < 4.78 is 14.1. The Morgan fingerprint density at radius 2 is 1.78 bits per heavy atom. The van der Waals surface area contributed by atoms with Gasteiger partial charge in [0.2, 0.25) is 17.7 Å². The largest absolute Gasteiger partial charge is 0.370 e. The van der Waals surface area contributed by atoms with E-state index in [2.05, 4.69) is 0 Å². The number of carbonyl (C=O) groups is 3. The molecule has 1 saturated heterocycles. The van der Waals surface area contributed by atoms with Crippen LogP contribution < -0.4 is 5.73 Å². The van der Waals surface area contributed by atoms with Crippen LogP contribution >= 0.6 is 0 Å². The Bertz CT molecular complexity index is 961. The molecule has 2 N–H and O–H groups in total. The number of rotatable bonds is 8. The lowest BCUT2D eigenvalue weighted by Crippen LogP contribution is -2.38. The highest BCUT2D eigenvalue weighted by atomic mass is 19.1. The van der Waals surface area contributed by atoms with Crippen molar-refractivity contribution in [2.24, 2.45) is 11.7 Å². The van der Waals surface area contributed by atoms with E-state index in [9.17, 15) is 18.8 Å². The maximum atomic E-state index is 14.1. The van der Waals surface area contributed by atoms with Crippen molar-refractivity contribution in [3.8, 4) is 11.1 Å². The summed E-state index contributed by atoms with van der Waals surface area (Å²) in [4.78, 5) is 40.3. The van der Waals surface area contributed by atoms with Gasteiger partial charge in [-0.05, 0) is 30.0 Å². The molecule has 0 radical (unpaired) electrons. The van der Waals surface area contributed by atoms with Crippen LogP contribution in [0.4, 0.5) is 4.39 Å². The van der Waals surface area contributed by atoms with Gasteiger partial charge >= 0.3 is 0 Å². The molecule has 0 spiro atoms. The molecular weight excluding hydrogens is 409 g/mol. The Balaban J connectivity index is 1.76. The minimum atomic E-state index is -0.511. The maximum absolute atomic E-state index is 14.1. The number of carbonyl (C=O) groups excluding carboxylic acids is 3. The Morgan fingerprint density at radius 3 is 2.44 bits per heavy atom. The smallest absolute Gasteiger partial charge is 0.227 e. The fourth-order valence-corrected chi connectivity index (χ4v) is 4.10. The third-order valence-electron chi connectivity index (χ3n) is 5.79. The normalized spacial score (nSPS) is 16.7. The number of hydrogen-bond acceptors (Lipinski definition) is 3. The van der Waals surface area contributed by atoms with Gasteiger partial charge in [-0.3, -0.25) is 14.4 Å². The molecule has 170 valence electrons. The van der Waals surface area contributed by atoms with Crippen molar-refractivity contribution in [2.45, 2.75) is 32.6 Å². The molecule has 6 nitrogen and oxygen atoms in total. The highest BCUT2D eigenvalue weighted by molar-refractivity contribution is 5.85. The van der Waals surface area contributed by atoms with E-state index < -0.39 is 5.91 Å². The molecule has 3 rings (SSSR count). The summed E-state index contributed by atoms with van der Waals surface area (Å²) in [5, 5.41) is 0. The van der Waals surface area contributed by atoms with Gasteiger partial charge in [0.15, 0.2) is 0 Å². The van der Waals surface area contributed by atoms with Crippen molar-refractivity contribution in [2.75, 3.05) is 26.2 Å². The van der Waals surface area contributed by atoms with Crippen molar-refractivity contribution >= 4 is 17.7 Å². The molecule has 1 fully saturated rings. The van der Waals surface area contributed by atoms with E-state index in [0.717, 1.165) is 17.5 Å². The number of halogens is 1. The van der Waals surface area contributed by atoms with Crippen LogP contribution in [0.3, 0.4) is 0 Å². The van der Waals surface area contributed by atoms with E-state index in [-0.39, 0.29) is 36.4 Å². The Labute approximate surface area is 188 Å². The highest BCUT2D eigenvalue weighted by Crippen LogP contribution is 2.24. The Hall–Kier alpha value is -3.22. The summed E-state index contributed by atoms with van der Waals surface area (Å²) in [6.45, 7) is 3.91. The molecule has 1 heterocycles. The van der Waals surface area contributed by atoms with Crippen LogP contribution in [-0.4, -0.2) is 53.7 Å². The van der Waals surface area contributed by atoms with Crippen LogP contribution in [0.25, 0.3) is 11.1 Å². The number of nitrogens with two attached hydrogens (primary N) is 1. The van der Waals surface area contributed by atoms with Gasteiger partial charge in [-0.1, -0.05) is 49.4 Å². The zero-order valence-electron chi connectivity index (χ0n) is 18.4. The summed E-state index contributed by atoms with van der Waals surface area (Å²) in [5.74, 6) is -1.28. The first-order chi connectivity index (χ1) is 15.4. The summed E-state index contributed by atoms with van der Waals surface area (Å²) in [7, 11) is 0. The molecule has 2 aromatic rings. The molecule has 1 aliphatic heterocycles. The van der Waals surface area contributed by atoms with Gasteiger partial charge in [-0.15, -0.1) is 0 Å². The fourth-order valence-electron chi connectivity index (χ4n) is 4.10. The quantitative estimate of drug-likeness (QED) is 0.686. The first-order valence-corrected chi connectivity index (χ1v) is 11.1. The fraction of sp³-hybridized carbons (Fsp3) is 0.400. The van der Waals surface area contributed by atoms with Crippen molar-refractivity contribution < 1.29 is 18.8 Å². The second kappa shape index (κ2) is 10.9. The van der Waals surface area contributed by atoms with E-state index in [1.807, 2.05) is 36.1 Å². The molecule has 1 atom stereocenters. The topological polar surface area (TPSA) is 83.7 Å². The first-order valence-electron chi connectivity index (χ1n) is 11.1. The SMILES string of the molecule is CCCN1CCN(C(=O)CCC(N)=O)C[C@H](Cc2ccc(-c3ccccc3F)cc2)C1=O. The van der Waals surface area contributed by atoms with Crippen molar-refractivity contribution in [3.05, 3.63) is 59.9 Å². The Kier molecular flexibility index (Phi) is 7.98. The number of primary amides is 1. The lowest BCUT2D eigenvalue weighted by Gasteiger charge is -2.24. The summed E-state index contributed by atoms with van der Waals surface area (Å²) in [6.07, 6.45) is 1.38. The average Bonchev–Trinajstić information content (AvgIpc) is 2.93. The maximum Gasteiger partial charge on any atom is 0.227 e. The van der Waals surface area contributed by atoms with Crippen molar-refractivity contribution in [1.29, 1.82) is 0 Å². The molecule has 7 heteroatoms. The van der Waals surface area contributed by atoms with Crippen LogP contribution in [0.1, 0.15) is 31.7 Å². The van der Waals surface area contributed by atoms with Crippen LogP contribution in [0.5, 0.6) is 0 Å². The number of nitrogens with zero attached hydrogens (tertiary/aromatic N) is 2. The monoisotopic (exact) mass is 439 g/mol. The summed E-state index contributed by atoms with van der Waals surface area (Å²) >= 11 is 0. The van der Waals surface area contributed by atoms with Crippen molar-refractivity contribution in [3.63, 3.8) is 0 Å². The van der Waals surface area contributed by atoms with Gasteiger partial charge in [-0.2, -0.15) is 0 Å². The average molecular weight is 440 g/mol. The van der Waals surface area contributed by atoms with Crippen LogP contribution in [-0.2, 0) is 20.8 Å². The van der Waals surface area contributed by atoms with E-state index >= 15 is 0 Å². The molecule has 0 bridgehead atoms. The zero-order chi connectivity index (χ0) is 23.1. The van der Waals surface area contributed by atoms with Crippen LogP contribution in [0.2, 0.25) is 0 Å². The minimum absolute atomic E-state index is 0.00410. The first kappa shape index (κ1) is 23.4. The molecule has 0 saturated carbocycles. The molecular formula is C25H30FN3O3. The third-order valence-corrected chi connectivity index (χ3v) is 5.79. The van der Waals surface area contributed by atoms with E-state index in [1.165, 1.54) is 6.07 Å². The second-order valence-electron chi connectivity index (χ2n) is 8.21. The van der Waals surface area contributed by atoms with E-state index in [0.29, 0.717) is 38.2 Å². The van der Waals surface area contributed by atoms with Crippen LogP contribution in [0, 0.1) is 11.7 Å². The van der Waals surface area contributed by atoms with Gasteiger partial charge in [0.1, 0.15) is 5.82 Å². The zero-order valence-corrected chi connectivity index (χ0v) is 18.4. The molecule has 0 unspecified atom stereocenters. The standard InChI is InChI=1S/C25H30FN3O3/c1-2-13-28-14-15-29(24(31)12-11-23(27)30)17-20(25(28)32)16-18-7-9-19(10-8-18)21-5-3-4-6-22(21)26/h3-10,20H,2,11-17H2,1H3,(H2,27,30)/t20-/m0/s1. The van der Waals surface area contributed by atoms with Gasteiger partial charge in [0.05, 0.1) is 5.92 Å². The molecule has 3 amide bonds. The summed E-state index contributed by atoms with van der Waals surface area (Å²) in [6, 6.07) is 14.1. The molecule has 1 aliphatic rings. The summed E-state index contributed by atoms with van der Waals surface area (Å²) in [5.41, 5.74) is 7.44. The number of benzene rings is 2. The van der Waals surface area contributed by atoms with Gasteiger partial charge in [0.25, 0.3) is 0 Å². The lowest BCUT2D eigenvalue weighted by atomic mass is 9.95. The molecule has 0 aliphatic carbocycles. The van der Waals surface area contributed by atoms with E-state index in [4.69, 9.17) is 5.73 Å². The predicted molar refractivity (Wildman–Crippen MR) is 121 cm³/mol. The third kappa shape index (κ3) is 5.93. The molecule has 0 aromatic heterocycles. The Morgan fingerprint density at radius 1 is 1.06 bits per heavy atom. The van der Waals surface area contributed by atoms with Crippen LogP contribution in [0.15, 0.2) is 48.5 Å². The molecule has 2 aromatic carbocycles. The van der Waals surface area contributed by atoms with Gasteiger partial charge in [-0.25, -0.2) is 4.39 Å². The lowest BCUT2D eigenvalue weighted by molar-refractivity contribution is -0.135. The van der Waals surface area contributed by atoms with Gasteiger partial charge < -0.3 is 15.5 Å². The number of amides is 3. The minimum Gasteiger partial charge on any atom is -0.370 e.